The standard InChI is InChI=1S/C30H27F3N6O2S/c1-3-22-6-4-5-7-26(22)38-16-17-42-29(38)36-28(40)35-20(2)18-21-8-10-23(11-9-21)27-34-19-39(37-27)24-12-14-25(15-13-24)41-30(31,32)33/h4-15,19H,3,16-18H2,1-2H3. The zero-order chi connectivity index (χ0) is 29.7. The lowest BCUT2D eigenvalue weighted by molar-refractivity contribution is -0.274. The largest absolute Gasteiger partial charge is 0.573 e. The van der Waals surface area contributed by atoms with Gasteiger partial charge in [-0.3, -0.25) is 0 Å². The predicted octanol–water partition coefficient (Wildman–Crippen LogP) is 7.13. The molecular formula is C30H27F3N6O2S. The van der Waals surface area contributed by atoms with Gasteiger partial charge >= 0.3 is 12.4 Å². The molecule has 1 aliphatic heterocycles. The second kappa shape index (κ2) is 12.6. The highest BCUT2D eigenvalue weighted by Crippen LogP contribution is 2.29. The summed E-state index contributed by atoms with van der Waals surface area (Å²) in [6, 6.07) is 20.5. The number of anilines is 1. The van der Waals surface area contributed by atoms with Crippen molar-refractivity contribution in [3.63, 3.8) is 0 Å². The van der Waals surface area contributed by atoms with Gasteiger partial charge in [-0.1, -0.05) is 61.2 Å². The molecule has 1 fully saturated rings. The number of carbonyl (C=O) groups is 1. The number of carbonyl (C=O) groups excluding carboxylic acids is 1. The molecule has 0 spiro atoms. The summed E-state index contributed by atoms with van der Waals surface area (Å²) in [4.78, 5) is 27.6. The van der Waals surface area contributed by atoms with Gasteiger partial charge in [0.1, 0.15) is 12.1 Å². The Balaban J connectivity index is 1.21. The first-order valence-corrected chi connectivity index (χ1v) is 14.2. The Morgan fingerprint density at radius 3 is 2.50 bits per heavy atom. The number of amides is 2. The van der Waals surface area contributed by atoms with Crippen molar-refractivity contribution in [1.82, 2.24) is 14.8 Å². The Bertz CT molecular complexity index is 1620. The van der Waals surface area contributed by atoms with E-state index < -0.39 is 12.4 Å². The average molecular weight is 593 g/mol. The minimum Gasteiger partial charge on any atom is -0.406 e. The first kappa shape index (κ1) is 29.1. The van der Waals surface area contributed by atoms with E-state index in [9.17, 15) is 18.0 Å². The molecule has 1 aliphatic rings. The minimum atomic E-state index is -4.75. The average Bonchev–Trinajstić information content (AvgIpc) is 3.63. The molecule has 4 aromatic rings. The van der Waals surface area contributed by atoms with Crippen LogP contribution in [0, 0.1) is 0 Å². The first-order valence-electron chi connectivity index (χ1n) is 13.2. The zero-order valence-corrected chi connectivity index (χ0v) is 23.7. The van der Waals surface area contributed by atoms with Crippen molar-refractivity contribution in [3.8, 4) is 22.8 Å². The molecule has 0 unspecified atom stereocenters. The number of amidine groups is 1. The number of aromatic nitrogens is 3. The van der Waals surface area contributed by atoms with Crippen LogP contribution >= 0.6 is 11.8 Å². The van der Waals surface area contributed by atoms with Gasteiger partial charge in [-0.2, -0.15) is 4.99 Å². The molecule has 5 rings (SSSR count). The van der Waals surface area contributed by atoms with Crippen LogP contribution in [0.25, 0.3) is 17.1 Å². The lowest BCUT2D eigenvalue weighted by Gasteiger charge is -2.20. The van der Waals surface area contributed by atoms with Crippen molar-refractivity contribution in [3.05, 3.63) is 90.3 Å². The normalized spacial score (nSPS) is 14.9. The van der Waals surface area contributed by atoms with E-state index in [-0.39, 0.29) is 5.75 Å². The lowest BCUT2D eigenvalue weighted by Crippen LogP contribution is -2.25. The van der Waals surface area contributed by atoms with Gasteiger partial charge in [-0.15, -0.1) is 18.3 Å². The van der Waals surface area contributed by atoms with Crippen LogP contribution in [0.3, 0.4) is 0 Å². The van der Waals surface area contributed by atoms with Crippen LogP contribution in [-0.2, 0) is 12.8 Å². The molecule has 0 saturated carbocycles. The first-order chi connectivity index (χ1) is 20.2. The summed E-state index contributed by atoms with van der Waals surface area (Å²) < 4.78 is 42.6. The minimum absolute atomic E-state index is 0.313. The third-order valence-electron chi connectivity index (χ3n) is 6.42. The molecule has 1 saturated heterocycles. The number of ether oxygens (including phenoxy) is 1. The Morgan fingerprint density at radius 2 is 1.79 bits per heavy atom. The molecular weight excluding hydrogens is 565 g/mol. The SMILES string of the molecule is CCc1ccccc1N1CCSC1=NC(=O)N=C(C)Cc1ccc(-c2ncn(-c3ccc(OC(F)(F)F)cc3)n2)cc1. The summed E-state index contributed by atoms with van der Waals surface area (Å²) in [5.41, 5.74) is 5.17. The van der Waals surface area contributed by atoms with E-state index in [4.69, 9.17) is 0 Å². The number of benzene rings is 3. The predicted molar refractivity (Wildman–Crippen MR) is 159 cm³/mol. The number of hydrogen-bond acceptors (Lipinski definition) is 5. The molecule has 2 amide bonds. The van der Waals surface area contributed by atoms with E-state index in [0.717, 1.165) is 35.5 Å². The van der Waals surface area contributed by atoms with Crippen molar-refractivity contribution < 1.29 is 22.7 Å². The van der Waals surface area contributed by atoms with Gasteiger partial charge in [0.15, 0.2) is 11.0 Å². The molecule has 0 radical (unpaired) electrons. The van der Waals surface area contributed by atoms with Crippen molar-refractivity contribution >= 4 is 34.4 Å². The summed E-state index contributed by atoms with van der Waals surface area (Å²) in [5, 5.41) is 5.09. The maximum atomic E-state index is 12.7. The summed E-state index contributed by atoms with van der Waals surface area (Å²) in [6.07, 6.45) is -1.90. The molecule has 0 atom stereocenters. The molecule has 2 heterocycles. The van der Waals surface area contributed by atoms with E-state index >= 15 is 0 Å². The molecule has 42 heavy (non-hydrogen) atoms. The molecule has 8 nitrogen and oxygen atoms in total. The van der Waals surface area contributed by atoms with E-state index in [1.165, 1.54) is 40.8 Å². The quantitative estimate of drug-likeness (QED) is 0.212. The summed E-state index contributed by atoms with van der Waals surface area (Å²) in [5.74, 6) is 0.999. The highest BCUT2D eigenvalue weighted by atomic mass is 32.2. The number of aliphatic imine (C=N–C) groups is 2. The third-order valence-corrected chi connectivity index (χ3v) is 7.37. The number of rotatable bonds is 7. The Kier molecular flexibility index (Phi) is 8.72. The number of hydrogen-bond donors (Lipinski definition) is 0. The molecule has 3 aromatic carbocycles. The van der Waals surface area contributed by atoms with E-state index in [0.29, 0.717) is 28.8 Å². The topological polar surface area (TPSA) is 85.0 Å². The van der Waals surface area contributed by atoms with Gasteiger partial charge in [-0.05, 0) is 54.8 Å². The Labute approximate surface area is 245 Å². The van der Waals surface area contributed by atoms with E-state index in [1.807, 2.05) is 36.4 Å². The van der Waals surface area contributed by atoms with Crippen molar-refractivity contribution in [2.24, 2.45) is 9.98 Å². The highest BCUT2D eigenvalue weighted by Gasteiger charge is 2.31. The second-order valence-corrected chi connectivity index (χ2v) is 10.5. The van der Waals surface area contributed by atoms with Gasteiger partial charge in [0.2, 0.25) is 0 Å². The monoisotopic (exact) mass is 592 g/mol. The van der Waals surface area contributed by atoms with Crippen LogP contribution in [0.4, 0.5) is 23.7 Å². The lowest BCUT2D eigenvalue weighted by atomic mass is 10.1. The molecule has 0 N–H and O–H groups in total. The van der Waals surface area contributed by atoms with Crippen LogP contribution in [0.1, 0.15) is 25.0 Å². The molecule has 1 aromatic heterocycles. The van der Waals surface area contributed by atoms with Gasteiger partial charge in [0.05, 0.1) is 5.69 Å². The zero-order valence-electron chi connectivity index (χ0n) is 22.9. The van der Waals surface area contributed by atoms with Crippen LogP contribution in [0.15, 0.2) is 89.1 Å². The van der Waals surface area contributed by atoms with Crippen molar-refractivity contribution in [1.29, 1.82) is 0 Å². The fourth-order valence-electron chi connectivity index (χ4n) is 4.49. The molecule has 12 heteroatoms. The molecule has 0 bridgehead atoms. The number of thioether (sulfide) groups is 1. The summed E-state index contributed by atoms with van der Waals surface area (Å²) in [6.45, 7) is 4.70. The maximum Gasteiger partial charge on any atom is 0.573 e. The van der Waals surface area contributed by atoms with Gasteiger partial charge in [-0.25, -0.2) is 19.5 Å². The Hall–Kier alpha value is -4.45. The van der Waals surface area contributed by atoms with Crippen molar-refractivity contribution in [2.45, 2.75) is 33.1 Å². The highest BCUT2D eigenvalue weighted by molar-refractivity contribution is 8.14. The number of aryl methyl sites for hydroxylation is 1. The number of urea groups is 1. The maximum absolute atomic E-state index is 12.7. The molecule has 0 aliphatic carbocycles. The van der Waals surface area contributed by atoms with Gasteiger partial charge in [0.25, 0.3) is 0 Å². The van der Waals surface area contributed by atoms with E-state index in [2.05, 4.69) is 48.8 Å². The molecule has 216 valence electrons. The van der Waals surface area contributed by atoms with Crippen molar-refractivity contribution in [2.75, 3.05) is 17.2 Å². The number of alkyl halides is 3. The summed E-state index contributed by atoms with van der Waals surface area (Å²) in [7, 11) is 0. The third kappa shape index (κ3) is 7.24. The fourth-order valence-corrected chi connectivity index (χ4v) is 5.43. The van der Waals surface area contributed by atoms with Crippen LogP contribution in [-0.4, -0.2) is 50.3 Å². The number of para-hydroxylation sites is 1. The van der Waals surface area contributed by atoms with Gasteiger partial charge in [0, 0.05) is 35.7 Å². The Morgan fingerprint density at radius 1 is 1.05 bits per heavy atom. The second-order valence-electron chi connectivity index (χ2n) is 9.43. The van der Waals surface area contributed by atoms with E-state index in [1.54, 1.807) is 18.7 Å². The summed E-state index contributed by atoms with van der Waals surface area (Å²) >= 11 is 1.55. The van der Waals surface area contributed by atoms with Gasteiger partial charge < -0.3 is 9.64 Å². The van der Waals surface area contributed by atoms with Crippen LogP contribution in [0.5, 0.6) is 5.75 Å². The van der Waals surface area contributed by atoms with Crippen LogP contribution in [0.2, 0.25) is 0 Å². The smallest absolute Gasteiger partial charge is 0.406 e. The number of halogens is 3. The fraction of sp³-hybridized carbons (Fsp3) is 0.233. The number of nitrogens with zero attached hydrogens (tertiary/aromatic N) is 6. The van der Waals surface area contributed by atoms with Crippen LogP contribution < -0.4 is 9.64 Å².